The summed E-state index contributed by atoms with van der Waals surface area (Å²) in [6.07, 6.45) is 5.96. The highest BCUT2D eigenvalue weighted by Gasteiger charge is 2.23. The third-order valence-electron chi connectivity index (χ3n) is 4.51. The van der Waals surface area contributed by atoms with Gasteiger partial charge < -0.3 is 15.5 Å². The fourth-order valence-corrected chi connectivity index (χ4v) is 3.43. The minimum Gasteiger partial charge on any atom is -0.334 e. The van der Waals surface area contributed by atoms with Crippen LogP contribution in [0.4, 0.5) is 16.2 Å². The van der Waals surface area contributed by atoms with E-state index in [4.69, 9.17) is 11.6 Å². The van der Waals surface area contributed by atoms with Gasteiger partial charge in [0.25, 0.3) is 0 Å². The molecule has 3 amide bonds. The van der Waals surface area contributed by atoms with Gasteiger partial charge in [-0.25, -0.2) is 19.4 Å². The Balaban J connectivity index is 1.40. The van der Waals surface area contributed by atoms with Crippen molar-refractivity contribution in [3.8, 4) is 5.82 Å². The number of nitrogens with one attached hydrogen (secondary N) is 2. The van der Waals surface area contributed by atoms with Gasteiger partial charge in [0.2, 0.25) is 5.91 Å². The SMILES string of the molecule is O=C(NCc1cccnc1-n1cncn1)Nc1ccc(N2CCCC2=O)c(Cl)c1. The standard InChI is InChI=1S/C19H18ClN7O2/c20-15-9-14(5-6-16(15)26-8-2-4-17(26)28)25-19(29)23-10-13-3-1-7-22-18(13)27-12-21-11-24-27/h1,3,5-7,9,11-12H,2,4,8,10H2,(H2,23,25,29). The van der Waals surface area contributed by atoms with E-state index < -0.39 is 0 Å². The summed E-state index contributed by atoms with van der Waals surface area (Å²) >= 11 is 6.32. The Kier molecular flexibility index (Phi) is 5.39. The van der Waals surface area contributed by atoms with Crippen LogP contribution in [0.25, 0.3) is 5.82 Å². The smallest absolute Gasteiger partial charge is 0.319 e. The number of carbonyl (C=O) groups is 2. The molecular formula is C19H18ClN7O2. The van der Waals surface area contributed by atoms with Crippen molar-refractivity contribution in [3.63, 3.8) is 0 Å². The summed E-state index contributed by atoms with van der Waals surface area (Å²) < 4.78 is 1.53. The molecule has 2 N–H and O–H groups in total. The summed E-state index contributed by atoms with van der Waals surface area (Å²) in [5, 5.41) is 10.0. The van der Waals surface area contributed by atoms with Crippen LogP contribution in [0.5, 0.6) is 0 Å². The molecule has 4 rings (SSSR count). The maximum Gasteiger partial charge on any atom is 0.319 e. The second-order valence-electron chi connectivity index (χ2n) is 6.45. The molecule has 3 aromatic rings. The third-order valence-corrected chi connectivity index (χ3v) is 4.82. The Morgan fingerprint density at radius 2 is 2.17 bits per heavy atom. The first-order valence-corrected chi connectivity index (χ1v) is 9.43. The van der Waals surface area contributed by atoms with E-state index in [-0.39, 0.29) is 18.5 Å². The van der Waals surface area contributed by atoms with Crippen molar-refractivity contribution >= 4 is 34.9 Å². The first kappa shape index (κ1) is 18.9. The number of rotatable bonds is 5. The third kappa shape index (κ3) is 4.19. The molecule has 10 heteroatoms. The zero-order valence-corrected chi connectivity index (χ0v) is 16.1. The number of hydrogen-bond donors (Lipinski definition) is 2. The molecule has 0 unspecified atom stereocenters. The zero-order valence-electron chi connectivity index (χ0n) is 15.4. The number of hydrogen-bond acceptors (Lipinski definition) is 5. The minimum atomic E-state index is -0.389. The predicted octanol–water partition coefficient (Wildman–Crippen LogP) is 2.76. The number of aromatic nitrogens is 4. The lowest BCUT2D eigenvalue weighted by Crippen LogP contribution is -2.29. The Morgan fingerprint density at radius 1 is 1.28 bits per heavy atom. The fraction of sp³-hybridized carbons (Fsp3) is 0.211. The van der Waals surface area contributed by atoms with Crippen molar-refractivity contribution in [3.05, 3.63) is 59.8 Å². The summed E-state index contributed by atoms with van der Waals surface area (Å²) in [5.74, 6) is 0.651. The van der Waals surface area contributed by atoms with Gasteiger partial charge in [-0.3, -0.25) is 4.79 Å². The van der Waals surface area contributed by atoms with Gasteiger partial charge >= 0.3 is 6.03 Å². The van der Waals surface area contributed by atoms with E-state index in [1.807, 2.05) is 6.07 Å². The maximum absolute atomic E-state index is 12.3. The molecule has 2 aromatic heterocycles. The average molecular weight is 412 g/mol. The highest BCUT2D eigenvalue weighted by Crippen LogP contribution is 2.31. The van der Waals surface area contributed by atoms with Crippen LogP contribution >= 0.6 is 11.6 Å². The lowest BCUT2D eigenvalue weighted by atomic mass is 10.2. The van der Waals surface area contributed by atoms with Gasteiger partial charge in [-0.2, -0.15) is 5.10 Å². The molecule has 29 heavy (non-hydrogen) atoms. The summed E-state index contributed by atoms with van der Waals surface area (Å²) in [6, 6.07) is 8.34. The van der Waals surface area contributed by atoms with Gasteiger partial charge in [0.15, 0.2) is 5.82 Å². The molecule has 9 nitrogen and oxygen atoms in total. The second kappa shape index (κ2) is 8.27. The number of amides is 3. The van der Waals surface area contributed by atoms with E-state index in [1.54, 1.807) is 41.7 Å². The number of halogens is 1. The molecule has 0 bridgehead atoms. The van der Waals surface area contributed by atoms with Crippen LogP contribution in [0.1, 0.15) is 18.4 Å². The normalized spacial score (nSPS) is 13.6. The largest absolute Gasteiger partial charge is 0.334 e. The highest BCUT2D eigenvalue weighted by atomic mass is 35.5. The van der Waals surface area contributed by atoms with Crippen molar-refractivity contribution in [2.24, 2.45) is 0 Å². The molecule has 1 aliphatic rings. The first-order valence-electron chi connectivity index (χ1n) is 9.05. The summed E-state index contributed by atoms with van der Waals surface area (Å²) in [5.41, 5.74) is 1.98. The van der Waals surface area contributed by atoms with Crippen LogP contribution in [0.15, 0.2) is 49.2 Å². The van der Waals surface area contributed by atoms with Crippen LogP contribution in [0.2, 0.25) is 5.02 Å². The van der Waals surface area contributed by atoms with Gasteiger partial charge in [0, 0.05) is 37.0 Å². The number of urea groups is 1. The summed E-state index contributed by atoms with van der Waals surface area (Å²) in [6.45, 7) is 0.911. The Hall–Kier alpha value is -3.46. The van der Waals surface area contributed by atoms with E-state index in [2.05, 4.69) is 25.7 Å². The number of pyridine rings is 1. The first-order chi connectivity index (χ1) is 14.1. The van der Waals surface area contributed by atoms with E-state index in [0.717, 1.165) is 12.0 Å². The van der Waals surface area contributed by atoms with Crippen LogP contribution in [-0.2, 0) is 11.3 Å². The molecule has 1 aliphatic heterocycles. The van der Waals surface area contributed by atoms with Crippen LogP contribution in [0, 0.1) is 0 Å². The number of anilines is 2. The maximum atomic E-state index is 12.3. The molecule has 1 fully saturated rings. The van der Waals surface area contributed by atoms with E-state index in [1.165, 1.54) is 11.0 Å². The molecule has 1 saturated heterocycles. The van der Waals surface area contributed by atoms with E-state index in [0.29, 0.717) is 35.2 Å². The van der Waals surface area contributed by atoms with Gasteiger partial charge in [0.05, 0.1) is 10.7 Å². The Labute approximate surface area is 171 Å². The van der Waals surface area contributed by atoms with Gasteiger partial charge in [-0.15, -0.1) is 0 Å². The average Bonchev–Trinajstić information content (AvgIpc) is 3.39. The van der Waals surface area contributed by atoms with Crippen molar-refractivity contribution in [1.82, 2.24) is 25.1 Å². The van der Waals surface area contributed by atoms with Crippen molar-refractivity contribution in [2.45, 2.75) is 19.4 Å². The fourth-order valence-electron chi connectivity index (χ4n) is 3.15. The number of carbonyl (C=O) groups excluding carboxylic acids is 2. The molecule has 1 aromatic carbocycles. The van der Waals surface area contributed by atoms with E-state index in [9.17, 15) is 9.59 Å². The number of benzene rings is 1. The van der Waals surface area contributed by atoms with Crippen molar-refractivity contribution in [1.29, 1.82) is 0 Å². The van der Waals surface area contributed by atoms with Crippen LogP contribution in [-0.4, -0.2) is 38.2 Å². The molecule has 0 saturated carbocycles. The summed E-state index contributed by atoms with van der Waals surface area (Å²) in [4.78, 5) is 34.1. The summed E-state index contributed by atoms with van der Waals surface area (Å²) in [7, 11) is 0. The van der Waals surface area contributed by atoms with Crippen molar-refractivity contribution in [2.75, 3.05) is 16.8 Å². The number of nitrogens with zero attached hydrogens (tertiary/aromatic N) is 5. The van der Waals surface area contributed by atoms with Gasteiger partial charge in [-0.05, 0) is 30.7 Å². The van der Waals surface area contributed by atoms with Gasteiger partial charge in [-0.1, -0.05) is 17.7 Å². The molecule has 0 radical (unpaired) electrons. The molecule has 0 spiro atoms. The Morgan fingerprint density at radius 3 is 2.90 bits per heavy atom. The second-order valence-corrected chi connectivity index (χ2v) is 6.86. The minimum absolute atomic E-state index is 0.0602. The molecular weight excluding hydrogens is 394 g/mol. The quantitative estimate of drug-likeness (QED) is 0.671. The molecule has 148 valence electrons. The topological polar surface area (TPSA) is 105 Å². The van der Waals surface area contributed by atoms with Crippen molar-refractivity contribution < 1.29 is 9.59 Å². The lowest BCUT2D eigenvalue weighted by Gasteiger charge is -2.18. The molecule has 0 aliphatic carbocycles. The molecule has 3 heterocycles. The van der Waals surface area contributed by atoms with Crippen LogP contribution < -0.4 is 15.5 Å². The lowest BCUT2D eigenvalue weighted by molar-refractivity contribution is -0.117. The Bertz CT molecular complexity index is 1040. The van der Waals surface area contributed by atoms with Crippen LogP contribution in [0.3, 0.4) is 0 Å². The molecule has 0 atom stereocenters. The van der Waals surface area contributed by atoms with Gasteiger partial charge in [0.1, 0.15) is 12.7 Å². The monoisotopic (exact) mass is 411 g/mol. The van der Waals surface area contributed by atoms with E-state index >= 15 is 0 Å². The predicted molar refractivity (Wildman–Crippen MR) is 108 cm³/mol. The highest BCUT2D eigenvalue weighted by molar-refractivity contribution is 6.34. The zero-order chi connectivity index (χ0) is 20.2.